The largest absolute Gasteiger partial charge is 0.293 e. The second-order valence-electron chi connectivity index (χ2n) is 8.50. The maximum atomic E-state index is 13.8. The van der Waals surface area contributed by atoms with Crippen LogP contribution in [0.15, 0.2) is 64.5 Å². The van der Waals surface area contributed by atoms with Crippen LogP contribution in [0, 0.1) is 10.1 Å². The number of carbonyl (C=O) groups is 1. The summed E-state index contributed by atoms with van der Waals surface area (Å²) in [5.41, 5.74) is 2.04. The van der Waals surface area contributed by atoms with Gasteiger partial charge in [-0.1, -0.05) is 30.0 Å². The molecule has 0 bridgehead atoms. The highest BCUT2D eigenvalue weighted by atomic mass is 32.2. The zero-order valence-electron chi connectivity index (χ0n) is 18.9. The molecule has 11 heteroatoms. The van der Waals surface area contributed by atoms with Crippen molar-refractivity contribution >= 4 is 50.6 Å². The number of carbonyl (C=O) groups excluding carboxylic acids is 1. The van der Waals surface area contributed by atoms with E-state index in [0.29, 0.717) is 27.6 Å². The number of hydrogen-bond acceptors (Lipinski definition) is 8. The van der Waals surface area contributed by atoms with Gasteiger partial charge in [0.2, 0.25) is 5.78 Å². The molecule has 0 radical (unpaired) electrons. The van der Waals surface area contributed by atoms with Gasteiger partial charge in [0.05, 0.1) is 21.7 Å². The monoisotopic (exact) mass is 517 g/mol. The first-order valence-corrected chi connectivity index (χ1v) is 13.2. The molecule has 0 spiro atoms. The average Bonchev–Trinajstić information content (AvgIpc) is 3.50. The molecule has 0 amide bonds. The van der Waals surface area contributed by atoms with Crippen LogP contribution in [0.2, 0.25) is 0 Å². The van der Waals surface area contributed by atoms with E-state index >= 15 is 0 Å². The van der Waals surface area contributed by atoms with Gasteiger partial charge in [-0.2, -0.15) is 0 Å². The lowest BCUT2D eigenvalue weighted by Gasteiger charge is -2.12. The summed E-state index contributed by atoms with van der Waals surface area (Å²) in [6.45, 7) is 0. The van der Waals surface area contributed by atoms with Crippen molar-refractivity contribution in [3.8, 4) is 5.69 Å². The first kappa shape index (κ1) is 22.6. The van der Waals surface area contributed by atoms with Crippen LogP contribution in [0.1, 0.15) is 33.6 Å². The molecular weight excluding hydrogens is 498 g/mol. The maximum Gasteiger partial charge on any atom is 0.269 e. The van der Waals surface area contributed by atoms with E-state index in [1.807, 2.05) is 34.7 Å². The standard InChI is InChI=1S/C25H19N5O4S2/c31-19(15-10-12-17(13-11-15)30(33)34)14-35-25-27-26-24-28(16-6-2-1-3-7-16)22(32)21-18-8-4-5-9-20(18)36-23(21)29(24)25/h1-3,6-7,10-13H,4-5,8-9,14H2. The Kier molecular flexibility index (Phi) is 5.65. The van der Waals surface area contributed by atoms with E-state index in [-0.39, 0.29) is 22.8 Å². The number of thioether (sulfide) groups is 1. The predicted molar refractivity (Wildman–Crippen MR) is 139 cm³/mol. The number of non-ortho nitro benzene ring substituents is 1. The number of fused-ring (bicyclic) bond motifs is 5. The van der Waals surface area contributed by atoms with E-state index < -0.39 is 4.92 Å². The molecule has 0 saturated heterocycles. The number of nitro benzene ring substituents is 1. The van der Waals surface area contributed by atoms with Crippen molar-refractivity contribution in [1.82, 2.24) is 19.2 Å². The van der Waals surface area contributed by atoms with Crippen molar-refractivity contribution in [3.63, 3.8) is 0 Å². The van der Waals surface area contributed by atoms with E-state index in [2.05, 4.69) is 10.2 Å². The van der Waals surface area contributed by atoms with Crippen molar-refractivity contribution in [2.24, 2.45) is 0 Å². The Balaban J connectivity index is 1.46. The SMILES string of the molecule is O=C(CSc1nnc2n(-c3ccccc3)c(=O)c3c4c(sc3n12)CCCC4)c1ccc([N+](=O)[O-])cc1. The molecule has 5 aromatic rings. The Morgan fingerprint density at radius 1 is 1.06 bits per heavy atom. The average molecular weight is 518 g/mol. The molecular formula is C25H19N5O4S2. The molecule has 180 valence electrons. The van der Waals surface area contributed by atoms with Crippen LogP contribution in [0.4, 0.5) is 5.69 Å². The lowest BCUT2D eigenvalue weighted by Crippen LogP contribution is -2.22. The van der Waals surface area contributed by atoms with Crippen LogP contribution in [-0.4, -0.2) is 35.6 Å². The van der Waals surface area contributed by atoms with Gasteiger partial charge in [0, 0.05) is 22.6 Å². The minimum atomic E-state index is -0.497. The summed E-state index contributed by atoms with van der Waals surface area (Å²) < 4.78 is 3.49. The van der Waals surface area contributed by atoms with Gasteiger partial charge in [0.25, 0.3) is 11.2 Å². The number of nitrogens with zero attached hydrogens (tertiary/aromatic N) is 5. The Morgan fingerprint density at radius 2 is 1.81 bits per heavy atom. The Morgan fingerprint density at radius 3 is 2.56 bits per heavy atom. The minimum Gasteiger partial charge on any atom is -0.293 e. The normalized spacial score (nSPS) is 13.2. The summed E-state index contributed by atoms with van der Waals surface area (Å²) in [5.74, 6) is 0.308. The van der Waals surface area contributed by atoms with Crippen LogP contribution in [-0.2, 0) is 12.8 Å². The van der Waals surface area contributed by atoms with Crippen LogP contribution in [0.25, 0.3) is 21.7 Å². The molecule has 0 atom stereocenters. The molecule has 36 heavy (non-hydrogen) atoms. The molecule has 1 aliphatic rings. The molecule has 9 nitrogen and oxygen atoms in total. The molecule has 0 saturated carbocycles. The molecule has 0 N–H and O–H groups in total. The summed E-state index contributed by atoms with van der Waals surface area (Å²) in [7, 11) is 0. The van der Waals surface area contributed by atoms with Gasteiger partial charge in [-0.25, -0.2) is 8.97 Å². The van der Waals surface area contributed by atoms with E-state index in [9.17, 15) is 19.7 Å². The number of Topliss-reactive ketones (excluding diaryl/α,β-unsaturated/α-hetero) is 1. The third kappa shape index (κ3) is 3.71. The highest BCUT2D eigenvalue weighted by Gasteiger charge is 2.25. The molecule has 0 aliphatic heterocycles. The number of para-hydroxylation sites is 1. The van der Waals surface area contributed by atoms with E-state index in [1.165, 1.54) is 40.9 Å². The number of nitro groups is 1. The summed E-state index contributed by atoms with van der Waals surface area (Å²) in [4.78, 5) is 39.1. The van der Waals surface area contributed by atoms with Crippen LogP contribution >= 0.6 is 23.1 Å². The zero-order chi connectivity index (χ0) is 24.8. The van der Waals surface area contributed by atoms with Gasteiger partial charge in [0.15, 0.2) is 10.9 Å². The first-order valence-electron chi connectivity index (χ1n) is 11.4. The van der Waals surface area contributed by atoms with E-state index in [4.69, 9.17) is 0 Å². The van der Waals surface area contributed by atoms with Crippen molar-refractivity contribution in [2.45, 2.75) is 30.8 Å². The zero-order valence-corrected chi connectivity index (χ0v) is 20.6. The summed E-state index contributed by atoms with van der Waals surface area (Å²) in [6.07, 6.45) is 3.97. The summed E-state index contributed by atoms with van der Waals surface area (Å²) in [5, 5.41) is 20.9. The quantitative estimate of drug-likeness (QED) is 0.137. The number of thiophene rings is 1. The number of benzene rings is 2. The van der Waals surface area contributed by atoms with Gasteiger partial charge in [-0.15, -0.1) is 21.5 Å². The molecule has 0 fully saturated rings. The molecule has 2 aromatic carbocycles. The molecule has 0 unspecified atom stereocenters. The van der Waals surface area contributed by atoms with E-state index in [1.54, 1.807) is 15.9 Å². The van der Waals surface area contributed by atoms with Crippen LogP contribution < -0.4 is 5.56 Å². The van der Waals surface area contributed by atoms with Gasteiger partial charge in [0.1, 0.15) is 4.83 Å². The van der Waals surface area contributed by atoms with Crippen molar-refractivity contribution in [2.75, 3.05) is 5.75 Å². The second kappa shape index (κ2) is 8.99. The van der Waals surface area contributed by atoms with Crippen molar-refractivity contribution in [3.05, 3.63) is 91.1 Å². The highest BCUT2D eigenvalue weighted by Crippen LogP contribution is 2.36. The Bertz CT molecular complexity index is 1700. The Hall–Kier alpha value is -3.83. The van der Waals surface area contributed by atoms with Crippen molar-refractivity contribution in [1.29, 1.82) is 0 Å². The topological polar surface area (TPSA) is 112 Å². The molecule has 6 rings (SSSR count). The molecule has 3 heterocycles. The van der Waals surface area contributed by atoms with Gasteiger partial charge in [-0.05, 0) is 55.5 Å². The molecule has 1 aliphatic carbocycles. The minimum absolute atomic E-state index is 0.0643. The number of aryl methyl sites for hydroxylation is 2. The Labute approximate surface area is 212 Å². The van der Waals surface area contributed by atoms with Crippen molar-refractivity contribution < 1.29 is 9.72 Å². The summed E-state index contributed by atoms with van der Waals surface area (Å²) in [6, 6.07) is 14.9. The number of hydrogen-bond donors (Lipinski definition) is 0. The molecule has 3 aromatic heterocycles. The smallest absolute Gasteiger partial charge is 0.269 e. The maximum absolute atomic E-state index is 13.8. The fourth-order valence-corrected chi connectivity index (χ4v) is 6.87. The first-order chi connectivity index (χ1) is 17.5. The fraction of sp³-hybridized carbons (Fsp3) is 0.200. The summed E-state index contributed by atoms with van der Waals surface area (Å²) >= 11 is 2.85. The highest BCUT2D eigenvalue weighted by molar-refractivity contribution is 7.99. The number of rotatable bonds is 6. The lowest BCUT2D eigenvalue weighted by atomic mass is 9.97. The van der Waals surface area contributed by atoms with Crippen LogP contribution in [0.3, 0.4) is 0 Å². The lowest BCUT2D eigenvalue weighted by molar-refractivity contribution is -0.384. The second-order valence-corrected chi connectivity index (χ2v) is 10.5. The van der Waals surface area contributed by atoms with Crippen LogP contribution in [0.5, 0.6) is 0 Å². The van der Waals surface area contributed by atoms with Gasteiger partial charge >= 0.3 is 0 Å². The van der Waals surface area contributed by atoms with Gasteiger partial charge in [-0.3, -0.25) is 19.7 Å². The predicted octanol–water partition coefficient (Wildman–Crippen LogP) is 4.86. The third-order valence-electron chi connectivity index (χ3n) is 6.34. The number of aromatic nitrogens is 4. The number of ketones is 1. The fourth-order valence-electron chi connectivity index (χ4n) is 4.60. The van der Waals surface area contributed by atoms with Gasteiger partial charge < -0.3 is 0 Å². The third-order valence-corrected chi connectivity index (χ3v) is 8.54. The van der Waals surface area contributed by atoms with E-state index in [0.717, 1.165) is 36.1 Å².